The van der Waals surface area contributed by atoms with Crippen LogP contribution in [0.4, 0.5) is 0 Å². The highest BCUT2D eigenvalue weighted by Crippen LogP contribution is 2.32. The Balaban J connectivity index is 2.16. The van der Waals surface area contributed by atoms with Crippen LogP contribution in [-0.4, -0.2) is 33.4 Å². The summed E-state index contributed by atoms with van der Waals surface area (Å²) in [5.74, 6) is 2.36. The zero-order valence-electron chi connectivity index (χ0n) is 16.0. The molecule has 140 valence electrons. The molecular formula is C21H23N3O2S. The standard InChI is InChI=1S/C21H23N3O2S/c1-14(2)18-7-5-6-8-19(18)24-20(16-9-11-17(26-4)12-10-16)22-23-21(24)27-13-15(3)25/h5-12,14H,13H2,1-4H3. The second kappa shape index (κ2) is 8.39. The molecule has 0 saturated carbocycles. The minimum absolute atomic E-state index is 0.109. The van der Waals surface area contributed by atoms with Crippen LogP contribution in [0.2, 0.25) is 0 Å². The van der Waals surface area contributed by atoms with Crippen LogP contribution in [0.1, 0.15) is 32.3 Å². The van der Waals surface area contributed by atoms with Crippen molar-refractivity contribution in [1.29, 1.82) is 0 Å². The molecule has 0 N–H and O–H groups in total. The van der Waals surface area contributed by atoms with Crippen LogP contribution >= 0.6 is 11.8 Å². The van der Waals surface area contributed by atoms with E-state index in [0.717, 1.165) is 22.8 Å². The Morgan fingerprint density at radius 3 is 2.44 bits per heavy atom. The van der Waals surface area contributed by atoms with Crippen molar-refractivity contribution in [3.05, 3.63) is 54.1 Å². The van der Waals surface area contributed by atoms with Gasteiger partial charge in [-0.3, -0.25) is 9.36 Å². The number of thioether (sulfide) groups is 1. The number of carbonyl (C=O) groups excluding carboxylic acids is 1. The van der Waals surface area contributed by atoms with Gasteiger partial charge in [0.1, 0.15) is 11.5 Å². The molecule has 3 aromatic rings. The van der Waals surface area contributed by atoms with E-state index < -0.39 is 0 Å². The number of rotatable bonds is 7. The molecule has 1 heterocycles. The van der Waals surface area contributed by atoms with Gasteiger partial charge in [0, 0.05) is 5.56 Å². The summed E-state index contributed by atoms with van der Waals surface area (Å²) in [6.45, 7) is 5.91. The molecule has 0 spiro atoms. The van der Waals surface area contributed by atoms with Crippen molar-refractivity contribution >= 4 is 17.5 Å². The molecule has 0 aliphatic rings. The van der Waals surface area contributed by atoms with E-state index in [0.29, 0.717) is 16.8 Å². The topological polar surface area (TPSA) is 57.0 Å². The molecule has 3 rings (SSSR count). The van der Waals surface area contributed by atoms with E-state index in [1.165, 1.54) is 17.3 Å². The molecule has 0 aliphatic heterocycles. The summed E-state index contributed by atoms with van der Waals surface area (Å²) < 4.78 is 7.30. The minimum Gasteiger partial charge on any atom is -0.497 e. The van der Waals surface area contributed by atoms with E-state index >= 15 is 0 Å². The number of hydrogen-bond donors (Lipinski definition) is 0. The van der Waals surface area contributed by atoms with Gasteiger partial charge in [-0.15, -0.1) is 10.2 Å². The van der Waals surface area contributed by atoms with Crippen molar-refractivity contribution in [3.8, 4) is 22.8 Å². The monoisotopic (exact) mass is 381 g/mol. The fourth-order valence-electron chi connectivity index (χ4n) is 2.85. The van der Waals surface area contributed by atoms with E-state index in [1.807, 2.05) is 41.0 Å². The quantitative estimate of drug-likeness (QED) is 0.553. The molecule has 0 fully saturated rings. The third-order valence-corrected chi connectivity index (χ3v) is 5.26. The van der Waals surface area contributed by atoms with Gasteiger partial charge < -0.3 is 4.74 Å². The number of carbonyl (C=O) groups is 1. The van der Waals surface area contributed by atoms with Gasteiger partial charge >= 0.3 is 0 Å². The lowest BCUT2D eigenvalue weighted by Crippen LogP contribution is -2.05. The Kier molecular flexibility index (Phi) is 5.96. The number of Topliss-reactive ketones (excluding diaryl/α,β-unsaturated/α-hetero) is 1. The summed E-state index contributed by atoms with van der Waals surface area (Å²) in [5.41, 5.74) is 3.18. The fraction of sp³-hybridized carbons (Fsp3) is 0.286. The molecule has 1 aromatic heterocycles. The number of hydrogen-bond acceptors (Lipinski definition) is 5. The van der Waals surface area contributed by atoms with Crippen LogP contribution in [0.5, 0.6) is 5.75 Å². The summed E-state index contributed by atoms with van der Waals surface area (Å²) in [6.07, 6.45) is 0. The minimum atomic E-state index is 0.109. The first-order chi connectivity index (χ1) is 13.0. The molecule has 0 radical (unpaired) electrons. The first-order valence-corrected chi connectivity index (χ1v) is 9.81. The molecule has 0 aliphatic carbocycles. The molecule has 0 unspecified atom stereocenters. The van der Waals surface area contributed by atoms with Gasteiger partial charge in [-0.05, 0) is 48.7 Å². The Hall–Kier alpha value is -2.60. The number of methoxy groups -OCH3 is 1. The van der Waals surface area contributed by atoms with Gasteiger partial charge in [0.15, 0.2) is 11.0 Å². The third-order valence-electron chi connectivity index (χ3n) is 4.19. The van der Waals surface area contributed by atoms with Gasteiger partial charge in [-0.25, -0.2) is 0 Å². The van der Waals surface area contributed by atoms with E-state index in [-0.39, 0.29) is 5.78 Å². The lowest BCUT2D eigenvalue weighted by Gasteiger charge is -2.17. The molecule has 5 nitrogen and oxygen atoms in total. The number of aromatic nitrogens is 3. The van der Waals surface area contributed by atoms with Gasteiger partial charge in [0.2, 0.25) is 0 Å². The number of nitrogens with zero attached hydrogens (tertiary/aromatic N) is 3. The van der Waals surface area contributed by atoms with Gasteiger partial charge in [-0.2, -0.15) is 0 Å². The van der Waals surface area contributed by atoms with Crippen molar-refractivity contribution in [2.75, 3.05) is 12.9 Å². The zero-order chi connectivity index (χ0) is 19.4. The average Bonchev–Trinajstić information content (AvgIpc) is 3.10. The van der Waals surface area contributed by atoms with Crippen LogP contribution in [0.25, 0.3) is 17.1 Å². The summed E-state index contributed by atoms with van der Waals surface area (Å²) in [7, 11) is 1.65. The van der Waals surface area contributed by atoms with E-state index in [2.05, 4.69) is 36.2 Å². The Labute approximate surface area is 163 Å². The zero-order valence-corrected chi connectivity index (χ0v) is 16.8. The lowest BCUT2D eigenvalue weighted by atomic mass is 10.0. The van der Waals surface area contributed by atoms with E-state index in [9.17, 15) is 4.79 Å². The normalized spacial score (nSPS) is 11.0. The molecule has 0 saturated heterocycles. The van der Waals surface area contributed by atoms with Crippen molar-refractivity contribution in [1.82, 2.24) is 14.8 Å². The van der Waals surface area contributed by atoms with Crippen molar-refractivity contribution < 1.29 is 9.53 Å². The van der Waals surface area contributed by atoms with Crippen LogP contribution < -0.4 is 4.74 Å². The molecule has 0 amide bonds. The van der Waals surface area contributed by atoms with Crippen molar-refractivity contribution in [3.63, 3.8) is 0 Å². The predicted molar refractivity (Wildman–Crippen MR) is 109 cm³/mol. The van der Waals surface area contributed by atoms with Crippen LogP contribution in [0.15, 0.2) is 53.7 Å². The fourth-order valence-corrected chi connectivity index (χ4v) is 3.60. The van der Waals surface area contributed by atoms with E-state index in [4.69, 9.17) is 4.74 Å². The summed E-state index contributed by atoms with van der Waals surface area (Å²) >= 11 is 1.41. The van der Waals surface area contributed by atoms with Crippen LogP contribution in [0, 0.1) is 0 Å². The van der Waals surface area contributed by atoms with Gasteiger partial charge in [-0.1, -0.05) is 43.8 Å². The van der Waals surface area contributed by atoms with Crippen molar-refractivity contribution in [2.24, 2.45) is 0 Å². The maximum absolute atomic E-state index is 11.5. The Morgan fingerprint density at radius 2 is 1.81 bits per heavy atom. The first-order valence-electron chi connectivity index (χ1n) is 8.82. The molecule has 27 heavy (non-hydrogen) atoms. The molecular weight excluding hydrogens is 358 g/mol. The second-order valence-electron chi connectivity index (χ2n) is 6.57. The molecule has 0 atom stereocenters. The second-order valence-corrected chi connectivity index (χ2v) is 7.52. The smallest absolute Gasteiger partial charge is 0.196 e. The highest BCUT2D eigenvalue weighted by atomic mass is 32.2. The lowest BCUT2D eigenvalue weighted by molar-refractivity contribution is -0.114. The summed E-state index contributed by atoms with van der Waals surface area (Å²) in [6, 6.07) is 16.0. The maximum Gasteiger partial charge on any atom is 0.196 e. The summed E-state index contributed by atoms with van der Waals surface area (Å²) in [4.78, 5) is 11.5. The van der Waals surface area contributed by atoms with Gasteiger partial charge in [0.05, 0.1) is 18.6 Å². The predicted octanol–water partition coefficient (Wildman–Crippen LogP) is 4.75. The highest BCUT2D eigenvalue weighted by molar-refractivity contribution is 7.99. The maximum atomic E-state index is 11.5. The number of ketones is 1. The highest BCUT2D eigenvalue weighted by Gasteiger charge is 2.19. The summed E-state index contributed by atoms with van der Waals surface area (Å²) in [5, 5.41) is 9.53. The van der Waals surface area contributed by atoms with Gasteiger partial charge in [0.25, 0.3) is 0 Å². The molecule has 0 bridgehead atoms. The average molecular weight is 382 g/mol. The van der Waals surface area contributed by atoms with Crippen LogP contribution in [0.3, 0.4) is 0 Å². The number of para-hydroxylation sites is 1. The molecule has 6 heteroatoms. The van der Waals surface area contributed by atoms with E-state index in [1.54, 1.807) is 14.0 Å². The molecule has 2 aromatic carbocycles. The first kappa shape index (κ1) is 19.2. The largest absolute Gasteiger partial charge is 0.497 e. The number of benzene rings is 2. The SMILES string of the molecule is COc1ccc(-c2nnc(SCC(C)=O)n2-c2ccccc2C(C)C)cc1. The number of ether oxygens (including phenoxy) is 1. The van der Waals surface area contributed by atoms with Crippen molar-refractivity contribution in [2.45, 2.75) is 31.8 Å². The van der Waals surface area contributed by atoms with Crippen LogP contribution in [-0.2, 0) is 4.79 Å². The third kappa shape index (κ3) is 4.22. The Bertz CT molecular complexity index is 933. The Morgan fingerprint density at radius 1 is 1.11 bits per heavy atom.